The minimum Gasteiger partial charge on any atom is -0.480 e. The Morgan fingerprint density at radius 3 is 2.52 bits per heavy atom. The zero-order valence-corrected chi connectivity index (χ0v) is 14.7. The van der Waals surface area contributed by atoms with Crippen LogP contribution in [0.2, 0.25) is 0 Å². The molecule has 0 spiro atoms. The van der Waals surface area contributed by atoms with E-state index in [0.717, 1.165) is 15.4 Å². The molecule has 0 unspecified atom stereocenters. The lowest BCUT2D eigenvalue weighted by Gasteiger charge is -2.15. The lowest BCUT2D eigenvalue weighted by Crippen LogP contribution is -2.42. The minimum atomic E-state index is -1.08. The van der Waals surface area contributed by atoms with Gasteiger partial charge >= 0.3 is 5.97 Å². The number of pyridine rings is 1. The first-order chi connectivity index (χ1) is 12.0. The number of carboxylic acids is 1. The quantitative estimate of drug-likeness (QED) is 0.689. The van der Waals surface area contributed by atoms with Crippen LogP contribution in [0.1, 0.15) is 15.9 Å². The first kappa shape index (κ1) is 17.1. The number of carbonyl (C=O) groups excluding carboxylic acids is 1. The number of carboxylic acid groups (broad SMARTS) is 1. The largest absolute Gasteiger partial charge is 0.480 e. The predicted octanol–water partition coefficient (Wildman–Crippen LogP) is 3.42. The standard InChI is InChI=1S/C19H15BrN2O3/c20-14-8-6-12(7-9-14)11-16(19(24)25)22-18(23)15-5-1-3-13-4-2-10-21-17(13)15/h1-10,16H,11H2,(H,22,23)(H,24,25)/t16-/m0/s1. The number of para-hydroxylation sites is 1. The number of aliphatic carboxylic acids is 1. The number of rotatable bonds is 5. The van der Waals surface area contributed by atoms with Crippen LogP contribution in [-0.4, -0.2) is 28.0 Å². The van der Waals surface area contributed by atoms with E-state index in [0.29, 0.717) is 11.1 Å². The molecule has 0 aliphatic carbocycles. The van der Waals surface area contributed by atoms with E-state index in [4.69, 9.17) is 0 Å². The van der Waals surface area contributed by atoms with Crippen LogP contribution in [0.15, 0.2) is 65.3 Å². The molecule has 3 aromatic rings. The summed E-state index contributed by atoms with van der Waals surface area (Å²) in [6, 6.07) is 15.2. The average molecular weight is 399 g/mol. The summed E-state index contributed by atoms with van der Waals surface area (Å²) in [6.07, 6.45) is 1.81. The minimum absolute atomic E-state index is 0.201. The second-order valence-corrected chi connectivity index (χ2v) is 6.49. The van der Waals surface area contributed by atoms with Crippen LogP contribution in [0, 0.1) is 0 Å². The highest BCUT2D eigenvalue weighted by Gasteiger charge is 2.22. The zero-order valence-electron chi connectivity index (χ0n) is 13.1. The summed E-state index contributed by atoms with van der Waals surface area (Å²) in [5.41, 5.74) is 1.74. The summed E-state index contributed by atoms with van der Waals surface area (Å²) in [6.45, 7) is 0. The third kappa shape index (κ3) is 4.03. The lowest BCUT2D eigenvalue weighted by atomic mass is 10.0. The fourth-order valence-corrected chi connectivity index (χ4v) is 2.84. The van der Waals surface area contributed by atoms with Gasteiger partial charge in [-0.3, -0.25) is 9.78 Å². The summed E-state index contributed by atoms with van der Waals surface area (Å²) in [4.78, 5) is 28.4. The molecular formula is C19H15BrN2O3. The summed E-state index contributed by atoms with van der Waals surface area (Å²) in [5.74, 6) is -1.53. The lowest BCUT2D eigenvalue weighted by molar-refractivity contribution is -0.139. The van der Waals surface area contributed by atoms with Crippen molar-refractivity contribution in [1.82, 2.24) is 10.3 Å². The van der Waals surface area contributed by atoms with Crippen molar-refractivity contribution in [3.8, 4) is 0 Å². The van der Waals surface area contributed by atoms with E-state index in [1.54, 1.807) is 24.4 Å². The van der Waals surface area contributed by atoms with Gasteiger partial charge in [-0.05, 0) is 29.8 Å². The first-order valence-corrected chi connectivity index (χ1v) is 8.46. The highest BCUT2D eigenvalue weighted by atomic mass is 79.9. The van der Waals surface area contributed by atoms with Crippen molar-refractivity contribution in [3.63, 3.8) is 0 Å². The second-order valence-electron chi connectivity index (χ2n) is 5.58. The van der Waals surface area contributed by atoms with E-state index < -0.39 is 17.9 Å². The molecule has 1 amide bonds. The summed E-state index contributed by atoms with van der Waals surface area (Å²) >= 11 is 3.34. The highest BCUT2D eigenvalue weighted by Crippen LogP contribution is 2.17. The molecule has 2 aromatic carbocycles. The van der Waals surface area contributed by atoms with Gasteiger partial charge in [-0.25, -0.2) is 4.79 Å². The van der Waals surface area contributed by atoms with E-state index in [-0.39, 0.29) is 6.42 Å². The molecule has 1 aromatic heterocycles. The number of halogens is 1. The average Bonchev–Trinajstić information content (AvgIpc) is 2.62. The Hall–Kier alpha value is -2.73. The molecule has 5 nitrogen and oxygen atoms in total. The molecular weight excluding hydrogens is 384 g/mol. The van der Waals surface area contributed by atoms with Crippen molar-refractivity contribution in [2.24, 2.45) is 0 Å². The van der Waals surface area contributed by atoms with Crippen molar-refractivity contribution < 1.29 is 14.7 Å². The number of amides is 1. The number of benzene rings is 2. The topological polar surface area (TPSA) is 79.3 Å². The van der Waals surface area contributed by atoms with Gasteiger partial charge in [0.05, 0.1) is 11.1 Å². The van der Waals surface area contributed by atoms with Gasteiger partial charge in [-0.2, -0.15) is 0 Å². The molecule has 0 aliphatic heterocycles. The molecule has 1 atom stereocenters. The van der Waals surface area contributed by atoms with Gasteiger partial charge in [0.1, 0.15) is 6.04 Å². The maximum absolute atomic E-state index is 12.6. The monoisotopic (exact) mass is 398 g/mol. The van der Waals surface area contributed by atoms with Crippen LogP contribution in [-0.2, 0) is 11.2 Å². The zero-order chi connectivity index (χ0) is 17.8. The Balaban J connectivity index is 1.83. The highest BCUT2D eigenvalue weighted by molar-refractivity contribution is 9.10. The van der Waals surface area contributed by atoms with Gasteiger partial charge in [0, 0.05) is 22.5 Å². The Kier molecular flexibility index (Phi) is 5.09. The molecule has 2 N–H and O–H groups in total. The summed E-state index contributed by atoms with van der Waals surface area (Å²) in [5, 5.41) is 12.9. The Labute approximate surface area is 152 Å². The summed E-state index contributed by atoms with van der Waals surface area (Å²) < 4.78 is 0.911. The fraction of sp³-hybridized carbons (Fsp3) is 0.105. The maximum Gasteiger partial charge on any atom is 0.326 e. The van der Waals surface area contributed by atoms with Crippen molar-refractivity contribution in [3.05, 3.63) is 76.4 Å². The Morgan fingerprint density at radius 2 is 1.80 bits per heavy atom. The molecule has 0 fully saturated rings. The molecule has 0 saturated carbocycles. The van der Waals surface area contributed by atoms with Crippen LogP contribution in [0.5, 0.6) is 0 Å². The maximum atomic E-state index is 12.6. The van der Waals surface area contributed by atoms with Crippen LogP contribution in [0.3, 0.4) is 0 Å². The molecule has 0 bridgehead atoms. The van der Waals surface area contributed by atoms with Crippen LogP contribution < -0.4 is 5.32 Å². The number of fused-ring (bicyclic) bond motifs is 1. The number of aromatic nitrogens is 1. The number of hydrogen-bond acceptors (Lipinski definition) is 3. The smallest absolute Gasteiger partial charge is 0.326 e. The number of hydrogen-bond donors (Lipinski definition) is 2. The van der Waals surface area contributed by atoms with Gasteiger partial charge in [-0.15, -0.1) is 0 Å². The fourth-order valence-electron chi connectivity index (χ4n) is 2.58. The van der Waals surface area contributed by atoms with Crippen LogP contribution in [0.4, 0.5) is 0 Å². The molecule has 0 aliphatic rings. The molecule has 0 radical (unpaired) electrons. The summed E-state index contributed by atoms with van der Waals surface area (Å²) in [7, 11) is 0. The number of nitrogens with zero attached hydrogens (tertiary/aromatic N) is 1. The normalized spacial score (nSPS) is 11.9. The third-order valence-corrected chi connectivity index (χ3v) is 4.36. The van der Waals surface area contributed by atoms with Crippen molar-refractivity contribution in [1.29, 1.82) is 0 Å². The Morgan fingerprint density at radius 1 is 1.08 bits per heavy atom. The van der Waals surface area contributed by atoms with Crippen molar-refractivity contribution in [2.45, 2.75) is 12.5 Å². The molecule has 6 heteroatoms. The van der Waals surface area contributed by atoms with Crippen LogP contribution >= 0.6 is 15.9 Å². The van der Waals surface area contributed by atoms with E-state index >= 15 is 0 Å². The first-order valence-electron chi connectivity index (χ1n) is 7.66. The third-order valence-electron chi connectivity index (χ3n) is 3.83. The second kappa shape index (κ2) is 7.44. The molecule has 3 rings (SSSR count). The SMILES string of the molecule is O=C(N[C@@H](Cc1ccc(Br)cc1)C(=O)O)c1cccc2cccnc12. The van der Waals surface area contributed by atoms with E-state index in [9.17, 15) is 14.7 Å². The molecule has 126 valence electrons. The van der Waals surface area contributed by atoms with Crippen LogP contribution in [0.25, 0.3) is 10.9 Å². The van der Waals surface area contributed by atoms with Gasteiger partial charge in [0.15, 0.2) is 0 Å². The van der Waals surface area contributed by atoms with E-state index in [1.165, 1.54) is 0 Å². The van der Waals surface area contributed by atoms with E-state index in [2.05, 4.69) is 26.2 Å². The number of carbonyl (C=O) groups is 2. The molecule has 1 heterocycles. The molecule has 0 saturated heterocycles. The van der Waals surface area contributed by atoms with Crippen molar-refractivity contribution >= 4 is 38.7 Å². The molecule has 25 heavy (non-hydrogen) atoms. The van der Waals surface area contributed by atoms with Gasteiger partial charge < -0.3 is 10.4 Å². The van der Waals surface area contributed by atoms with Gasteiger partial charge in [0.2, 0.25) is 0 Å². The Bertz CT molecular complexity index is 920. The number of nitrogens with one attached hydrogen (secondary N) is 1. The van der Waals surface area contributed by atoms with Crippen molar-refractivity contribution in [2.75, 3.05) is 0 Å². The van der Waals surface area contributed by atoms with Gasteiger partial charge in [0.25, 0.3) is 5.91 Å². The van der Waals surface area contributed by atoms with E-state index in [1.807, 2.05) is 36.4 Å². The van der Waals surface area contributed by atoms with Gasteiger partial charge in [-0.1, -0.05) is 46.3 Å². The predicted molar refractivity (Wildman–Crippen MR) is 98.5 cm³/mol.